The third-order valence-electron chi connectivity index (χ3n) is 4.94. The van der Waals surface area contributed by atoms with E-state index >= 15 is 0 Å². The molecule has 2 atom stereocenters. The monoisotopic (exact) mass is 484 g/mol. The van der Waals surface area contributed by atoms with Crippen LogP contribution >= 0.6 is 0 Å². The molecule has 0 aliphatic rings. The number of rotatable bonds is 19. The number of aliphatic hydroxyl groups excluding tert-OH is 1. The molecule has 3 N–H and O–H groups in total. The molecule has 0 fully saturated rings. The summed E-state index contributed by atoms with van der Waals surface area (Å²) in [4.78, 5) is 0. The first-order valence-corrected chi connectivity index (χ1v) is 13.7. The van der Waals surface area contributed by atoms with E-state index in [2.05, 4.69) is 6.92 Å². The molecule has 0 bridgehead atoms. The minimum absolute atomic E-state index is 0. The van der Waals surface area contributed by atoms with Gasteiger partial charge in [0.05, 0.1) is 12.7 Å². The zero-order valence-electron chi connectivity index (χ0n) is 17.8. The van der Waals surface area contributed by atoms with Crippen LogP contribution in [0.5, 0.6) is 0 Å². The molecule has 0 saturated carbocycles. The molecule has 0 aliphatic carbocycles. The molecule has 0 spiro atoms. The maximum atomic E-state index is 11.3. The van der Waals surface area contributed by atoms with Gasteiger partial charge in [0.15, 0.2) is 0 Å². The van der Waals surface area contributed by atoms with Crippen molar-refractivity contribution in [3.8, 4) is 0 Å². The molecular formula is C19H41NaO8S2. The molecule has 30 heavy (non-hydrogen) atoms. The summed E-state index contributed by atoms with van der Waals surface area (Å²) in [5, 5.41) is 9.27. The summed E-state index contributed by atoms with van der Waals surface area (Å²) < 4.78 is 65.8. The average molecular weight is 485 g/mol. The van der Waals surface area contributed by atoms with Gasteiger partial charge < -0.3 is 9.84 Å². The number of aliphatic hydroxyl groups is 1. The Morgan fingerprint density at radius 1 is 0.733 bits per heavy atom. The third-order valence-corrected chi connectivity index (χ3v) is 8.18. The number of ether oxygens (including phenoxy) is 1. The molecule has 0 rings (SSSR count). The van der Waals surface area contributed by atoms with E-state index in [1.807, 2.05) is 0 Å². The van der Waals surface area contributed by atoms with Crippen molar-refractivity contribution in [1.29, 1.82) is 0 Å². The first-order valence-electron chi connectivity index (χ1n) is 10.7. The molecule has 0 aromatic carbocycles. The summed E-state index contributed by atoms with van der Waals surface area (Å²) in [6.45, 7) is 2.88. The summed E-state index contributed by atoms with van der Waals surface area (Å²) in [7, 11) is -10.3. The van der Waals surface area contributed by atoms with Gasteiger partial charge in [-0.3, -0.25) is 9.11 Å². The Kier molecular flexibility index (Phi) is 20.0. The van der Waals surface area contributed by atoms with Gasteiger partial charge in [0, 0.05) is 0 Å². The normalized spacial score (nSPS) is 14.5. The second kappa shape index (κ2) is 18.2. The Bertz CT molecular complexity index is 578. The number of unbranched alkanes of at least 4 members (excludes halogenated alkanes) is 11. The van der Waals surface area contributed by atoms with Crippen molar-refractivity contribution in [3.63, 3.8) is 0 Å². The standard InChI is InChI=1S/C19H40O8S2.Na.H/c1-3-4-5-6-7-8-9-10-11-12-13-14-15-17(2)27-18(16-20)19(28(21,22)23)29(24,25)26;;/h17-20H,3-16H2,1-2H3,(H,21,22,23)(H,24,25,26);;. The average Bonchev–Trinajstić information content (AvgIpc) is 2.59. The Labute approximate surface area is 205 Å². The van der Waals surface area contributed by atoms with Crippen molar-refractivity contribution >= 4 is 49.8 Å². The van der Waals surface area contributed by atoms with Crippen molar-refractivity contribution in [3.05, 3.63) is 0 Å². The molecule has 0 saturated heterocycles. The Hall–Kier alpha value is 0.740. The third kappa shape index (κ3) is 16.4. The van der Waals surface area contributed by atoms with Crippen molar-refractivity contribution in [2.75, 3.05) is 6.61 Å². The van der Waals surface area contributed by atoms with Crippen LogP contribution in [0, 0.1) is 0 Å². The molecule has 11 heteroatoms. The zero-order chi connectivity index (χ0) is 22.3. The van der Waals surface area contributed by atoms with Gasteiger partial charge in [0.2, 0.25) is 4.58 Å². The number of hydrogen-bond acceptors (Lipinski definition) is 6. The van der Waals surface area contributed by atoms with Crippen LogP contribution in [-0.2, 0) is 25.0 Å². The van der Waals surface area contributed by atoms with E-state index in [-0.39, 0.29) is 29.6 Å². The van der Waals surface area contributed by atoms with E-state index in [9.17, 15) is 21.9 Å². The van der Waals surface area contributed by atoms with Crippen LogP contribution in [0.1, 0.15) is 97.3 Å². The van der Waals surface area contributed by atoms with Crippen LogP contribution in [0.3, 0.4) is 0 Å². The summed E-state index contributed by atoms with van der Waals surface area (Å²) in [6, 6.07) is 0. The predicted octanol–water partition coefficient (Wildman–Crippen LogP) is 3.30. The fourth-order valence-electron chi connectivity index (χ4n) is 3.37. The second-order valence-electron chi connectivity index (χ2n) is 7.74. The first kappa shape index (κ1) is 32.9. The zero-order valence-corrected chi connectivity index (χ0v) is 19.5. The van der Waals surface area contributed by atoms with Crippen molar-refractivity contribution < 1.29 is 35.8 Å². The predicted molar refractivity (Wildman–Crippen MR) is 121 cm³/mol. The van der Waals surface area contributed by atoms with Gasteiger partial charge in [0.1, 0.15) is 6.10 Å². The van der Waals surface area contributed by atoms with Crippen LogP contribution in [0.2, 0.25) is 0 Å². The van der Waals surface area contributed by atoms with Crippen LogP contribution in [-0.4, -0.2) is 84.0 Å². The van der Waals surface area contributed by atoms with Gasteiger partial charge in [-0.1, -0.05) is 84.0 Å². The molecule has 0 heterocycles. The van der Waals surface area contributed by atoms with Crippen molar-refractivity contribution in [1.82, 2.24) is 0 Å². The Balaban J connectivity index is 0. The maximum absolute atomic E-state index is 11.3. The molecule has 0 aromatic rings. The Morgan fingerprint density at radius 3 is 1.43 bits per heavy atom. The molecule has 8 nitrogen and oxygen atoms in total. The van der Waals surface area contributed by atoms with Crippen molar-refractivity contribution in [2.45, 2.75) is 114 Å². The van der Waals surface area contributed by atoms with E-state index < -0.39 is 43.6 Å². The fourth-order valence-corrected chi connectivity index (χ4v) is 5.67. The quantitative estimate of drug-likeness (QED) is 0.144. The minimum atomic E-state index is -5.15. The number of hydrogen-bond donors (Lipinski definition) is 3. The van der Waals surface area contributed by atoms with Crippen LogP contribution in [0.4, 0.5) is 0 Å². The fraction of sp³-hybridized carbons (Fsp3) is 1.00. The van der Waals surface area contributed by atoms with Crippen LogP contribution in [0.15, 0.2) is 0 Å². The van der Waals surface area contributed by atoms with E-state index in [4.69, 9.17) is 13.8 Å². The van der Waals surface area contributed by atoms with Gasteiger partial charge in [-0.15, -0.1) is 0 Å². The van der Waals surface area contributed by atoms with Gasteiger partial charge >= 0.3 is 29.6 Å². The molecule has 2 unspecified atom stereocenters. The molecule has 178 valence electrons. The van der Waals surface area contributed by atoms with E-state index in [1.54, 1.807) is 6.92 Å². The van der Waals surface area contributed by atoms with Crippen LogP contribution < -0.4 is 0 Å². The van der Waals surface area contributed by atoms with Gasteiger partial charge in [-0.25, -0.2) is 0 Å². The molecular weight excluding hydrogens is 443 g/mol. The molecule has 0 radical (unpaired) electrons. The summed E-state index contributed by atoms with van der Waals surface area (Å²) in [5.74, 6) is 0. The van der Waals surface area contributed by atoms with Crippen LogP contribution in [0.25, 0.3) is 0 Å². The summed E-state index contributed by atoms with van der Waals surface area (Å²) in [5.41, 5.74) is 0. The molecule has 0 aliphatic heterocycles. The van der Waals surface area contributed by atoms with E-state index in [0.29, 0.717) is 6.42 Å². The van der Waals surface area contributed by atoms with E-state index in [1.165, 1.54) is 51.4 Å². The van der Waals surface area contributed by atoms with Gasteiger partial charge in [-0.2, -0.15) is 16.8 Å². The SMILES string of the molecule is CCCCCCCCCCCCCCC(C)OC(CO)C(S(=O)(=O)O)S(=O)(=O)O.[NaH]. The van der Waals surface area contributed by atoms with Gasteiger partial charge in [0.25, 0.3) is 20.2 Å². The van der Waals surface area contributed by atoms with Gasteiger partial charge in [-0.05, 0) is 13.3 Å². The topological polar surface area (TPSA) is 138 Å². The summed E-state index contributed by atoms with van der Waals surface area (Å²) in [6.07, 6.45) is 12.7. The Morgan fingerprint density at radius 2 is 1.10 bits per heavy atom. The molecule has 0 aromatic heterocycles. The second-order valence-corrected chi connectivity index (χ2v) is 11.1. The summed E-state index contributed by atoms with van der Waals surface area (Å²) >= 11 is 0. The molecule has 0 amide bonds. The van der Waals surface area contributed by atoms with E-state index in [0.717, 1.165) is 25.7 Å². The first-order chi connectivity index (χ1) is 13.5. The van der Waals surface area contributed by atoms with Crippen molar-refractivity contribution in [2.24, 2.45) is 0 Å².